The molecule has 1 atom stereocenters. The highest BCUT2D eigenvalue weighted by molar-refractivity contribution is 5.89. The van der Waals surface area contributed by atoms with E-state index in [2.05, 4.69) is 20.4 Å². The van der Waals surface area contributed by atoms with Crippen molar-refractivity contribution in [2.45, 2.75) is 31.9 Å². The van der Waals surface area contributed by atoms with Crippen LogP contribution < -0.4 is 10.1 Å². The summed E-state index contributed by atoms with van der Waals surface area (Å²) in [5.74, 6) is -2.49. The summed E-state index contributed by atoms with van der Waals surface area (Å²) < 4.78 is 73.8. The molecule has 0 aliphatic carbocycles. The summed E-state index contributed by atoms with van der Waals surface area (Å²) in [4.78, 5) is 9.61. The van der Waals surface area contributed by atoms with Crippen molar-refractivity contribution in [3.05, 3.63) is 36.3 Å². The van der Waals surface area contributed by atoms with E-state index in [4.69, 9.17) is 8.85 Å². The molecule has 1 N–H and O–H groups in total. The number of hydrogen-bond acceptors (Lipinski definition) is 6. The number of nitrogens with one attached hydrogen (secondary N) is 1. The minimum atomic E-state index is -3.31. The molecule has 1 aliphatic heterocycles. The van der Waals surface area contributed by atoms with Gasteiger partial charge < -0.3 is 19.5 Å². The summed E-state index contributed by atoms with van der Waals surface area (Å²) >= 11 is 0. The highest BCUT2D eigenvalue weighted by Crippen LogP contribution is 2.34. The van der Waals surface area contributed by atoms with Crippen LogP contribution in [0.2, 0.25) is 0 Å². The molecule has 0 amide bonds. The number of rotatable bonds is 6. The van der Waals surface area contributed by atoms with Gasteiger partial charge in [0.05, 0.1) is 37.3 Å². The number of piperidine rings is 1. The van der Waals surface area contributed by atoms with Crippen LogP contribution in [0.3, 0.4) is 0 Å². The van der Waals surface area contributed by atoms with E-state index in [1.54, 1.807) is 6.20 Å². The Morgan fingerprint density at radius 1 is 1.29 bits per heavy atom. The van der Waals surface area contributed by atoms with E-state index in [1.165, 1.54) is 11.6 Å². The van der Waals surface area contributed by atoms with Gasteiger partial charge in [-0.1, -0.05) is 6.07 Å². The monoisotopic (exact) mass is 476 g/mol. The van der Waals surface area contributed by atoms with Crippen LogP contribution in [0.1, 0.15) is 16.4 Å². The Kier molecular flexibility index (Phi) is 4.73. The minimum Gasteiger partial charge on any atom is -0.479 e. The molecule has 0 saturated carbocycles. The normalized spacial score (nSPS) is 20.3. The SMILES string of the molecule is [2H]C([2H])([2H])N1CC[C@@H](Nc2nc(OC)c3c(-c4ccc5nc(C)n(CCF)c5c4)ccn3n2)C(F)(F)C1. The van der Waals surface area contributed by atoms with Gasteiger partial charge in [-0.05, 0) is 44.1 Å². The van der Waals surface area contributed by atoms with E-state index in [9.17, 15) is 13.2 Å². The van der Waals surface area contributed by atoms with Crippen LogP contribution in [0.15, 0.2) is 30.5 Å². The van der Waals surface area contributed by atoms with Crippen LogP contribution in [0, 0.1) is 6.92 Å². The van der Waals surface area contributed by atoms with Crippen molar-refractivity contribution < 1.29 is 22.0 Å². The maximum Gasteiger partial charge on any atom is 0.280 e. The number of benzene rings is 1. The molecule has 4 heterocycles. The van der Waals surface area contributed by atoms with Crippen LogP contribution in [0.5, 0.6) is 5.88 Å². The van der Waals surface area contributed by atoms with E-state index >= 15 is 0 Å². The lowest BCUT2D eigenvalue weighted by Gasteiger charge is -2.36. The third kappa shape index (κ3) is 3.83. The predicted octanol–water partition coefficient (Wildman–Crippen LogP) is 3.78. The number of imidazole rings is 1. The second kappa shape index (κ2) is 8.46. The quantitative estimate of drug-likeness (QED) is 0.457. The first kappa shape index (κ1) is 19.0. The van der Waals surface area contributed by atoms with Gasteiger partial charge in [0.2, 0.25) is 11.8 Å². The molecule has 1 aromatic carbocycles. The number of fused-ring (bicyclic) bond motifs is 2. The Morgan fingerprint density at radius 3 is 2.88 bits per heavy atom. The maximum absolute atomic E-state index is 14.8. The number of halogens is 3. The number of anilines is 1. The van der Waals surface area contributed by atoms with Gasteiger partial charge in [0.25, 0.3) is 5.92 Å². The number of ether oxygens (including phenoxy) is 1. The first-order valence-electron chi connectivity index (χ1n) is 12.4. The van der Waals surface area contributed by atoms with Crippen molar-refractivity contribution in [3.63, 3.8) is 0 Å². The van der Waals surface area contributed by atoms with Crippen LogP contribution in [0.4, 0.5) is 19.1 Å². The lowest BCUT2D eigenvalue weighted by molar-refractivity contribution is -0.0675. The average molecular weight is 477 g/mol. The lowest BCUT2D eigenvalue weighted by Crippen LogP contribution is -2.53. The Balaban J connectivity index is 1.48. The van der Waals surface area contributed by atoms with Crippen molar-refractivity contribution in [1.82, 2.24) is 29.0 Å². The summed E-state index contributed by atoms with van der Waals surface area (Å²) in [5.41, 5.74) is 3.62. The fourth-order valence-electron chi connectivity index (χ4n) is 4.48. The third-order valence-electron chi connectivity index (χ3n) is 6.13. The fraction of sp³-hybridized carbons (Fsp3) is 0.435. The van der Waals surface area contributed by atoms with Gasteiger partial charge in [-0.25, -0.2) is 22.7 Å². The molecule has 1 aliphatic rings. The number of aryl methyl sites for hydroxylation is 2. The molecule has 0 bridgehead atoms. The van der Waals surface area contributed by atoms with Crippen LogP contribution in [-0.4, -0.2) is 74.9 Å². The molecule has 5 rings (SSSR count). The van der Waals surface area contributed by atoms with Crippen molar-refractivity contribution in [2.75, 3.05) is 39.2 Å². The zero-order valence-corrected chi connectivity index (χ0v) is 18.7. The largest absolute Gasteiger partial charge is 0.479 e. The lowest BCUT2D eigenvalue weighted by atomic mass is 10.0. The van der Waals surface area contributed by atoms with Crippen molar-refractivity contribution >= 4 is 22.5 Å². The van der Waals surface area contributed by atoms with Crippen LogP contribution in [0.25, 0.3) is 27.7 Å². The standard InChI is InChI=1S/C23H26F3N7O/c1-14-27-17-5-4-15(12-18(17)32(14)11-8-24)16-6-10-33-20(16)21(34-3)29-22(30-33)28-19-7-9-31(2)13-23(19,25)26/h4-6,10,12,19H,7-9,11,13H2,1-3H3,(H,28,30)/t19-/m1/s1/i2D3. The van der Waals surface area contributed by atoms with Crippen LogP contribution in [-0.2, 0) is 6.54 Å². The maximum atomic E-state index is 14.8. The number of aromatic nitrogens is 5. The van der Waals surface area contributed by atoms with E-state index in [-0.39, 0.29) is 31.3 Å². The molecule has 1 saturated heterocycles. The Labute approximate surface area is 198 Å². The summed E-state index contributed by atoms with van der Waals surface area (Å²) in [5, 5.41) is 7.04. The summed E-state index contributed by atoms with van der Waals surface area (Å²) in [6.45, 7) is -1.99. The Bertz CT molecular complexity index is 1450. The van der Waals surface area contributed by atoms with Crippen molar-refractivity contribution in [3.8, 4) is 17.0 Å². The third-order valence-corrected chi connectivity index (χ3v) is 6.13. The number of alkyl halides is 3. The molecule has 8 nitrogen and oxygen atoms in total. The molecule has 34 heavy (non-hydrogen) atoms. The zero-order valence-electron chi connectivity index (χ0n) is 21.7. The Hall–Kier alpha value is -3.34. The van der Waals surface area contributed by atoms with Gasteiger partial charge in [0, 0.05) is 22.4 Å². The summed E-state index contributed by atoms with van der Waals surface area (Å²) in [7, 11) is 1.43. The van der Waals surface area contributed by atoms with Crippen molar-refractivity contribution in [2.24, 2.45) is 0 Å². The predicted molar refractivity (Wildman–Crippen MR) is 123 cm³/mol. The van der Waals surface area contributed by atoms with Crippen molar-refractivity contribution in [1.29, 1.82) is 0 Å². The Morgan fingerprint density at radius 2 is 2.15 bits per heavy atom. The molecule has 0 spiro atoms. The van der Waals surface area contributed by atoms with Gasteiger partial charge in [0.15, 0.2) is 0 Å². The smallest absolute Gasteiger partial charge is 0.280 e. The molecule has 3 aromatic heterocycles. The number of likely N-dealkylation sites (tertiary alicyclic amines) is 1. The highest BCUT2D eigenvalue weighted by Gasteiger charge is 2.44. The highest BCUT2D eigenvalue weighted by atomic mass is 19.3. The number of hydrogen-bond donors (Lipinski definition) is 1. The molecule has 0 unspecified atom stereocenters. The molecule has 1 fully saturated rings. The summed E-state index contributed by atoms with van der Waals surface area (Å²) in [6, 6.07) is 6.11. The van der Waals surface area contributed by atoms with Gasteiger partial charge in [-0.15, -0.1) is 5.10 Å². The first-order chi connectivity index (χ1) is 17.5. The molecular weight excluding hydrogens is 447 g/mol. The second-order valence-corrected chi connectivity index (χ2v) is 8.34. The molecule has 11 heteroatoms. The molecule has 0 radical (unpaired) electrons. The first-order valence-corrected chi connectivity index (χ1v) is 10.9. The second-order valence-electron chi connectivity index (χ2n) is 8.34. The number of methoxy groups -OCH3 is 1. The minimum absolute atomic E-state index is 0.0161. The van der Waals surface area contributed by atoms with E-state index < -0.39 is 32.2 Å². The number of nitrogens with zero attached hydrogens (tertiary/aromatic N) is 6. The van der Waals surface area contributed by atoms with Gasteiger partial charge in [0.1, 0.15) is 18.0 Å². The topological polar surface area (TPSA) is 72.5 Å². The zero-order chi connectivity index (χ0) is 26.5. The van der Waals surface area contributed by atoms with Crippen LogP contribution >= 0.6 is 0 Å². The van der Waals surface area contributed by atoms with Gasteiger partial charge >= 0.3 is 0 Å². The van der Waals surface area contributed by atoms with E-state index in [0.29, 0.717) is 11.3 Å². The molecule has 180 valence electrons. The van der Waals surface area contributed by atoms with Gasteiger partial charge in [-0.3, -0.25) is 0 Å². The van der Waals surface area contributed by atoms with E-state index in [0.717, 1.165) is 27.1 Å². The summed E-state index contributed by atoms with van der Waals surface area (Å²) in [6.07, 6.45) is 1.57. The average Bonchev–Trinajstić information content (AvgIpc) is 3.39. The molecule has 4 aromatic rings. The van der Waals surface area contributed by atoms with E-state index in [1.807, 2.05) is 35.8 Å². The fourth-order valence-corrected chi connectivity index (χ4v) is 4.48. The van der Waals surface area contributed by atoms with Gasteiger partial charge in [-0.2, -0.15) is 4.98 Å². The molecular formula is C23H26F3N7O.